The number of nitrogens with two attached hydrogens (primary N) is 1. The van der Waals surface area contributed by atoms with Gasteiger partial charge in [0.05, 0.1) is 34.3 Å². The van der Waals surface area contributed by atoms with Crippen LogP contribution in [0.25, 0.3) is 17.5 Å². The van der Waals surface area contributed by atoms with Gasteiger partial charge in [0.15, 0.2) is 0 Å². The van der Waals surface area contributed by atoms with E-state index in [1.54, 1.807) is 6.92 Å². The molecule has 1 atom stereocenters. The van der Waals surface area contributed by atoms with E-state index in [9.17, 15) is 23.6 Å². The standard InChI is InChI=1S/C24H15Br2F2N3O3S/c1-2-34-24(33)20-19(14-9-13(26)4-6-17(14)28)15(10-29)23-31(21(20)30)22(32)18(35-23)8-11-7-12(25)3-5-16(11)27/h3-9,19H,2,30H2,1H3/b18-8-/t19-/m1/s1. The molecule has 1 aliphatic heterocycles. The molecule has 6 nitrogen and oxygen atoms in total. The number of aromatic nitrogens is 1. The number of thiazole rings is 1. The highest BCUT2D eigenvalue weighted by atomic mass is 79.9. The van der Waals surface area contributed by atoms with Gasteiger partial charge >= 0.3 is 5.97 Å². The lowest BCUT2D eigenvalue weighted by Gasteiger charge is -2.25. The summed E-state index contributed by atoms with van der Waals surface area (Å²) < 4.78 is 36.8. The molecule has 0 fully saturated rings. The minimum atomic E-state index is -1.22. The largest absolute Gasteiger partial charge is 0.463 e. The van der Waals surface area contributed by atoms with E-state index in [-0.39, 0.29) is 43.9 Å². The van der Waals surface area contributed by atoms with E-state index >= 15 is 0 Å². The van der Waals surface area contributed by atoms with Crippen LogP contribution in [0, 0.1) is 23.0 Å². The minimum Gasteiger partial charge on any atom is -0.463 e. The van der Waals surface area contributed by atoms with Crippen LogP contribution >= 0.6 is 43.2 Å². The first-order chi connectivity index (χ1) is 16.7. The molecule has 1 aromatic heterocycles. The molecule has 0 radical (unpaired) electrons. The van der Waals surface area contributed by atoms with Gasteiger partial charge in [0.1, 0.15) is 22.1 Å². The van der Waals surface area contributed by atoms with E-state index in [1.807, 2.05) is 6.07 Å². The number of nitrogens with zero attached hydrogens (tertiary/aromatic N) is 2. The molecule has 0 saturated carbocycles. The van der Waals surface area contributed by atoms with Gasteiger partial charge in [-0.05, 0) is 49.4 Å². The molecule has 2 N–H and O–H groups in total. The molecular formula is C24H15Br2F2N3O3S. The summed E-state index contributed by atoms with van der Waals surface area (Å²) in [5.74, 6) is -3.61. The molecule has 0 aliphatic carbocycles. The first kappa shape index (κ1) is 25.0. The van der Waals surface area contributed by atoms with Gasteiger partial charge in [-0.25, -0.2) is 13.6 Å². The molecule has 0 saturated heterocycles. The second kappa shape index (κ2) is 9.89. The molecule has 0 unspecified atom stereocenters. The van der Waals surface area contributed by atoms with Gasteiger partial charge in [0, 0.05) is 20.1 Å². The Morgan fingerprint density at radius 1 is 1.23 bits per heavy atom. The van der Waals surface area contributed by atoms with Crippen molar-refractivity contribution in [2.75, 3.05) is 6.61 Å². The third kappa shape index (κ3) is 4.49. The topological polar surface area (TPSA) is 98.1 Å². The number of rotatable bonds is 4. The third-order valence-electron chi connectivity index (χ3n) is 5.28. The summed E-state index contributed by atoms with van der Waals surface area (Å²) in [6, 6.07) is 10.4. The van der Waals surface area contributed by atoms with Gasteiger partial charge in [-0.1, -0.05) is 31.9 Å². The second-order valence-electron chi connectivity index (χ2n) is 7.37. The Balaban J connectivity index is 2.12. The number of halogens is 4. The molecule has 0 spiro atoms. The summed E-state index contributed by atoms with van der Waals surface area (Å²) in [6.45, 7) is 1.58. The quantitative estimate of drug-likeness (QED) is 0.448. The average molecular weight is 623 g/mol. The summed E-state index contributed by atoms with van der Waals surface area (Å²) >= 11 is 7.45. The van der Waals surface area contributed by atoms with E-state index in [4.69, 9.17) is 10.5 Å². The molecule has 0 amide bonds. The van der Waals surface area contributed by atoms with Gasteiger partial charge in [0.2, 0.25) is 0 Å². The van der Waals surface area contributed by atoms with Crippen molar-refractivity contribution in [1.29, 1.82) is 5.26 Å². The lowest BCUT2D eigenvalue weighted by atomic mass is 9.83. The smallest absolute Gasteiger partial charge is 0.338 e. The summed E-state index contributed by atoms with van der Waals surface area (Å²) in [6.07, 6.45) is 1.33. The van der Waals surface area contributed by atoms with Crippen LogP contribution in [-0.2, 0) is 9.53 Å². The van der Waals surface area contributed by atoms with Gasteiger partial charge in [0.25, 0.3) is 5.56 Å². The Kier molecular flexibility index (Phi) is 7.07. The second-order valence-corrected chi connectivity index (χ2v) is 10.2. The zero-order valence-corrected chi connectivity index (χ0v) is 21.9. The Morgan fingerprint density at radius 2 is 1.89 bits per heavy atom. The highest BCUT2D eigenvalue weighted by Gasteiger charge is 2.38. The van der Waals surface area contributed by atoms with Crippen molar-refractivity contribution in [1.82, 2.24) is 4.57 Å². The summed E-state index contributed by atoms with van der Waals surface area (Å²) in [7, 11) is 0. The molecule has 11 heteroatoms. The van der Waals surface area contributed by atoms with Crippen molar-refractivity contribution < 1.29 is 18.3 Å². The van der Waals surface area contributed by atoms with E-state index < -0.39 is 29.1 Å². The normalized spacial score (nSPS) is 15.7. The monoisotopic (exact) mass is 621 g/mol. The van der Waals surface area contributed by atoms with Gasteiger partial charge < -0.3 is 10.5 Å². The summed E-state index contributed by atoms with van der Waals surface area (Å²) in [4.78, 5) is 26.3. The van der Waals surface area contributed by atoms with Crippen LogP contribution < -0.4 is 20.5 Å². The number of hydrogen-bond donors (Lipinski definition) is 1. The summed E-state index contributed by atoms with van der Waals surface area (Å²) in [5, 5.41) is 10.1. The van der Waals surface area contributed by atoms with Crippen LogP contribution in [0.15, 0.2) is 55.7 Å². The number of esters is 1. The van der Waals surface area contributed by atoms with Gasteiger partial charge in [-0.2, -0.15) is 5.26 Å². The van der Waals surface area contributed by atoms with Crippen LogP contribution in [0.5, 0.6) is 0 Å². The van der Waals surface area contributed by atoms with E-state index in [1.165, 1.54) is 42.5 Å². The molecule has 35 heavy (non-hydrogen) atoms. The number of hydrogen-bond acceptors (Lipinski definition) is 6. The number of benzene rings is 2. The zero-order valence-electron chi connectivity index (χ0n) is 17.9. The van der Waals surface area contributed by atoms with Crippen LogP contribution in [0.4, 0.5) is 8.78 Å². The van der Waals surface area contributed by atoms with Crippen LogP contribution in [0.1, 0.15) is 24.0 Å². The fourth-order valence-corrected chi connectivity index (χ4v) is 5.65. The molecule has 0 bridgehead atoms. The molecule has 2 heterocycles. The first-order valence-corrected chi connectivity index (χ1v) is 12.5. The Morgan fingerprint density at radius 3 is 2.54 bits per heavy atom. The van der Waals surface area contributed by atoms with Crippen LogP contribution in [0.2, 0.25) is 0 Å². The van der Waals surface area contributed by atoms with E-state index in [0.29, 0.717) is 8.95 Å². The van der Waals surface area contributed by atoms with Crippen molar-refractivity contribution in [3.8, 4) is 6.07 Å². The van der Waals surface area contributed by atoms with E-state index in [0.717, 1.165) is 15.9 Å². The predicted molar refractivity (Wildman–Crippen MR) is 135 cm³/mol. The molecular weight excluding hydrogens is 608 g/mol. The molecule has 178 valence electrons. The van der Waals surface area contributed by atoms with Crippen LogP contribution in [0.3, 0.4) is 0 Å². The lowest BCUT2D eigenvalue weighted by molar-refractivity contribution is -0.138. The minimum absolute atomic E-state index is 0.00221. The van der Waals surface area contributed by atoms with Crippen molar-refractivity contribution in [2.45, 2.75) is 12.8 Å². The average Bonchev–Trinajstić information content (AvgIpc) is 3.14. The SMILES string of the molecule is CCOC(=O)C1=C(N)n2c(s/c(=C\c3cc(Br)ccc3F)c2=O)=C(C#N)[C@H]1c1cc(Br)ccc1F. The number of ether oxygens (including phenoxy) is 1. The molecule has 4 rings (SSSR count). The lowest BCUT2D eigenvalue weighted by Crippen LogP contribution is -2.40. The Hall–Kier alpha value is -3.07. The molecule has 3 aromatic rings. The fraction of sp³-hybridized carbons (Fsp3) is 0.125. The highest BCUT2D eigenvalue weighted by Crippen LogP contribution is 2.38. The van der Waals surface area contributed by atoms with Crippen molar-refractivity contribution in [2.24, 2.45) is 5.73 Å². The van der Waals surface area contributed by atoms with Crippen molar-refractivity contribution in [3.63, 3.8) is 0 Å². The Bertz CT molecular complexity index is 1640. The number of carbonyl (C=O) groups excluding carboxylic acids is 1. The molecule has 2 aromatic carbocycles. The maximum Gasteiger partial charge on any atom is 0.338 e. The van der Waals surface area contributed by atoms with Crippen molar-refractivity contribution in [3.05, 3.63) is 93.2 Å². The van der Waals surface area contributed by atoms with E-state index in [2.05, 4.69) is 31.9 Å². The third-order valence-corrected chi connectivity index (χ3v) is 7.37. The van der Waals surface area contributed by atoms with Crippen molar-refractivity contribution >= 4 is 66.6 Å². The zero-order chi connectivity index (χ0) is 25.4. The summed E-state index contributed by atoms with van der Waals surface area (Å²) in [5.41, 5.74) is 5.52. The van der Waals surface area contributed by atoms with Gasteiger partial charge in [-0.15, -0.1) is 11.3 Å². The van der Waals surface area contributed by atoms with Crippen LogP contribution in [-0.4, -0.2) is 17.1 Å². The number of carbonyl (C=O) groups is 1. The predicted octanol–water partition coefficient (Wildman–Crippen LogP) is 3.70. The highest BCUT2D eigenvalue weighted by molar-refractivity contribution is 9.10. The molecule has 1 aliphatic rings. The Labute approximate surface area is 218 Å². The number of fused-ring (bicyclic) bond motifs is 1. The maximum absolute atomic E-state index is 15.0. The first-order valence-electron chi connectivity index (χ1n) is 10.1. The maximum atomic E-state index is 15.0. The van der Waals surface area contributed by atoms with Gasteiger partial charge in [-0.3, -0.25) is 9.36 Å². The fourth-order valence-electron chi connectivity index (χ4n) is 3.77. The number of nitriles is 1.